The molecule has 5 aliphatic heterocycles. The Balaban J connectivity index is 1.19. The van der Waals surface area contributed by atoms with Crippen molar-refractivity contribution < 1.29 is 18.7 Å². The van der Waals surface area contributed by atoms with Crippen molar-refractivity contribution >= 4 is 28.5 Å². The second kappa shape index (κ2) is 12.2. The van der Waals surface area contributed by atoms with Crippen LogP contribution in [-0.2, 0) is 11.2 Å². The molecule has 1 amide bonds. The molecule has 10 nitrogen and oxygen atoms in total. The molecule has 4 saturated heterocycles. The van der Waals surface area contributed by atoms with Gasteiger partial charge in [-0.1, -0.05) is 42.5 Å². The molecule has 2 bridgehead atoms. The minimum absolute atomic E-state index is 0.0487. The van der Waals surface area contributed by atoms with Crippen LogP contribution in [0.15, 0.2) is 48.7 Å². The summed E-state index contributed by atoms with van der Waals surface area (Å²) in [5.74, 6) is 0.0969. The van der Waals surface area contributed by atoms with Gasteiger partial charge in [0, 0.05) is 56.7 Å². The molecule has 0 unspecified atom stereocenters. The summed E-state index contributed by atoms with van der Waals surface area (Å²) < 4.78 is 29.4. The summed E-state index contributed by atoms with van der Waals surface area (Å²) in [6, 6.07) is 6.13. The van der Waals surface area contributed by atoms with Gasteiger partial charge in [-0.25, -0.2) is 9.18 Å². The van der Waals surface area contributed by atoms with Crippen molar-refractivity contribution in [1.29, 1.82) is 0 Å². The highest BCUT2D eigenvalue weighted by Crippen LogP contribution is 2.44. The maximum absolute atomic E-state index is 17.1. The van der Waals surface area contributed by atoms with Crippen molar-refractivity contribution in [3.8, 4) is 17.3 Å². The molecule has 7 heterocycles. The SMILES string of the molecule is C=C1CN2CC(=C)CC2(COc2nc(N3C[C@H]4CC[C@@H](C3)N4C(=O)OC(C)(C)C)c3cnc(-c4cccc5c4N(CC)CCC5)c(F)c3n2)C1. The number of carbonyl (C=O) groups excluding carboxylic acids is 1. The lowest BCUT2D eigenvalue weighted by atomic mass is 9.92. The maximum atomic E-state index is 17.1. The topological polar surface area (TPSA) is 87.2 Å². The second-order valence-electron chi connectivity index (χ2n) is 15.9. The Morgan fingerprint density at radius 2 is 1.80 bits per heavy atom. The predicted molar refractivity (Wildman–Crippen MR) is 193 cm³/mol. The van der Waals surface area contributed by atoms with Gasteiger partial charge in [-0.3, -0.25) is 14.8 Å². The monoisotopic (exact) mass is 681 g/mol. The van der Waals surface area contributed by atoms with Crippen LogP contribution in [0.4, 0.5) is 20.7 Å². The fraction of sp³-hybridized carbons (Fsp3) is 0.538. The minimum Gasteiger partial charge on any atom is -0.461 e. The van der Waals surface area contributed by atoms with E-state index in [9.17, 15) is 4.79 Å². The van der Waals surface area contributed by atoms with Gasteiger partial charge in [-0.2, -0.15) is 9.97 Å². The van der Waals surface area contributed by atoms with Crippen LogP contribution in [0.5, 0.6) is 6.01 Å². The number of hydrogen-bond acceptors (Lipinski definition) is 9. The molecular formula is C39H48FN7O3. The van der Waals surface area contributed by atoms with Gasteiger partial charge in [0.1, 0.15) is 29.2 Å². The van der Waals surface area contributed by atoms with Crippen molar-refractivity contribution in [2.75, 3.05) is 55.7 Å². The van der Waals surface area contributed by atoms with Crippen LogP contribution < -0.4 is 14.5 Å². The van der Waals surface area contributed by atoms with Crippen LogP contribution in [0.2, 0.25) is 0 Å². The fourth-order valence-corrected chi connectivity index (χ4v) is 9.10. The lowest BCUT2D eigenvalue weighted by molar-refractivity contribution is 0.0122. The number of carbonyl (C=O) groups is 1. The molecule has 11 heteroatoms. The van der Waals surface area contributed by atoms with Gasteiger partial charge in [0.25, 0.3) is 0 Å². The zero-order valence-electron chi connectivity index (χ0n) is 29.8. The van der Waals surface area contributed by atoms with E-state index in [4.69, 9.17) is 24.4 Å². The zero-order chi connectivity index (χ0) is 34.9. The number of aromatic nitrogens is 3. The fourth-order valence-electron chi connectivity index (χ4n) is 9.10. The van der Waals surface area contributed by atoms with Crippen molar-refractivity contribution in [3.05, 3.63) is 60.1 Å². The van der Waals surface area contributed by atoms with Gasteiger partial charge >= 0.3 is 12.1 Å². The molecule has 0 N–H and O–H groups in total. The molecule has 0 radical (unpaired) electrons. The molecule has 50 heavy (non-hydrogen) atoms. The first-order chi connectivity index (χ1) is 23.9. The van der Waals surface area contributed by atoms with E-state index in [1.54, 1.807) is 6.20 Å². The van der Waals surface area contributed by atoms with Crippen LogP contribution in [0, 0.1) is 5.82 Å². The molecule has 0 spiro atoms. The molecule has 1 aromatic carbocycles. The summed E-state index contributed by atoms with van der Waals surface area (Å²) in [7, 11) is 0. The lowest BCUT2D eigenvalue weighted by Crippen LogP contribution is -2.57. The number of amides is 1. The third-order valence-corrected chi connectivity index (χ3v) is 11.1. The predicted octanol–water partition coefficient (Wildman–Crippen LogP) is 6.53. The standard InChI is InChI=1S/C39H48FN7O3/c1-7-44-15-9-11-26-10-8-12-29(34(26)44)32-31(40)33-30(18-41-32)35(45-21-27-13-14-28(22-45)47(27)37(48)50-38(4,5)6)43-36(42-33)49-23-39-16-24(2)19-46(39)20-25(3)17-39/h8,10,12,18,27-28H,2-3,7,9,11,13-17,19-23H2,1,4-6H3/t27-,28+. The molecule has 3 aromatic rings. The average molecular weight is 682 g/mol. The number of ether oxygens (including phenoxy) is 2. The summed E-state index contributed by atoms with van der Waals surface area (Å²) in [5, 5.41) is 0.532. The van der Waals surface area contributed by atoms with Gasteiger partial charge in [0.2, 0.25) is 0 Å². The van der Waals surface area contributed by atoms with E-state index < -0.39 is 11.4 Å². The highest BCUT2D eigenvalue weighted by molar-refractivity contribution is 5.93. The molecule has 264 valence electrons. The summed E-state index contributed by atoms with van der Waals surface area (Å²) in [4.78, 5) is 36.5. The molecule has 4 fully saturated rings. The molecule has 2 aromatic heterocycles. The van der Waals surface area contributed by atoms with E-state index in [1.165, 1.54) is 16.7 Å². The Hall–Kier alpha value is -4.25. The second-order valence-corrected chi connectivity index (χ2v) is 15.9. The highest BCUT2D eigenvalue weighted by Gasteiger charge is 2.48. The minimum atomic E-state index is -0.581. The smallest absolute Gasteiger partial charge is 0.410 e. The Morgan fingerprint density at radius 1 is 1.08 bits per heavy atom. The van der Waals surface area contributed by atoms with Crippen LogP contribution in [-0.4, -0.2) is 99.9 Å². The van der Waals surface area contributed by atoms with E-state index in [2.05, 4.69) is 40.8 Å². The summed E-state index contributed by atoms with van der Waals surface area (Å²) in [6.07, 6.45) is 6.81. The molecule has 2 atom stereocenters. The number of pyridine rings is 1. The van der Waals surface area contributed by atoms with Crippen LogP contribution in [0.3, 0.4) is 0 Å². The first kappa shape index (κ1) is 32.9. The van der Waals surface area contributed by atoms with Crippen molar-refractivity contribution in [1.82, 2.24) is 24.8 Å². The molecule has 5 aliphatic rings. The number of anilines is 2. The number of rotatable bonds is 6. The van der Waals surface area contributed by atoms with E-state index in [0.717, 1.165) is 76.0 Å². The Kier molecular flexibility index (Phi) is 8.04. The summed E-state index contributed by atoms with van der Waals surface area (Å²) in [5.41, 5.74) is 5.03. The number of nitrogens with zero attached hydrogens (tertiary/aromatic N) is 7. The molecule has 0 saturated carbocycles. The van der Waals surface area contributed by atoms with Crippen molar-refractivity contribution in [2.24, 2.45) is 0 Å². The Bertz CT molecular complexity index is 1860. The lowest BCUT2D eigenvalue weighted by Gasteiger charge is -2.42. The molecule has 0 aliphatic carbocycles. The first-order valence-electron chi connectivity index (χ1n) is 18.1. The highest BCUT2D eigenvalue weighted by atomic mass is 19.1. The Morgan fingerprint density at radius 3 is 2.48 bits per heavy atom. The number of fused-ring (bicyclic) bond motifs is 5. The number of halogens is 1. The number of para-hydroxylation sites is 1. The average Bonchev–Trinajstić information content (AvgIpc) is 3.64. The van der Waals surface area contributed by atoms with Crippen LogP contribution in [0.1, 0.15) is 65.4 Å². The number of aryl methyl sites for hydroxylation is 1. The van der Waals surface area contributed by atoms with Crippen molar-refractivity contribution in [3.63, 3.8) is 0 Å². The van der Waals surface area contributed by atoms with E-state index in [-0.39, 0.29) is 40.9 Å². The third-order valence-electron chi connectivity index (χ3n) is 11.1. The number of piperazine rings is 1. The van der Waals surface area contributed by atoms with E-state index >= 15 is 4.39 Å². The number of benzene rings is 1. The summed E-state index contributed by atoms with van der Waals surface area (Å²) >= 11 is 0. The van der Waals surface area contributed by atoms with E-state index in [1.807, 2.05) is 37.8 Å². The molecule has 8 rings (SSSR count). The summed E-state index contributed by atoms with van der Waals surface area (Å²) in [6.45, 7) is 21.2. The van der Waals surface area contributed by atoms with E-state index in [0.29, 0.717) is 30.9 Å². The molecular weight excluding hydrogens is 633 g/mol. The van der Waals surface area contributed by atoms with Crippen LogP contribution >= 0.6 is 0 Å². The third kappa shape index (κ3) is 5.67. The number of hydrogen-bond donors (Lipinski definition) is 0. The van der Waals surface area contributed by atoms with Gasteiger partial charge in [0.05, 0.1) is 23.0 Å². The van der Waals surface area contributed by atoms with Crippen molar-refractivity contribution in [2.45, 2.75) is 89.4 Å². The Labute approximate surface area is 294 Å². The van der Waals surface area contributed by atoms with Gasteiger partial charge in [-0.15, -0.1) is 0 Å². The van der Waals surface area contributed by atoms with Gasteiger partial charge in [0.15, 0.2) is 5.82 Å². The largest absolute Gasteiger partial charge is 0.461 e. The first-order valence-corrected chi connectivity index (χ1v) is 18.1. The van der Waals surface area contributed by atoms with Gasteiger partial charge < -0.3 is 19.3 Å². The normalized spacial score (nSPS) is 23.1. The quantitative estimate of drug-likeness (QED) is 0.270. The maximum Gasteiger partial charge on any atom is 0.410 e. The van der Waals surface area contributed by atoms with Crippen LogP contribution in [0.25, 0.3) is 22.2 Å². The van der Waals surface area contributed by atoms with Gasteiger partial charge in [-0.05, 0) is 71.8 Å². The zero-order valence-corrected chi connectivity index (χ0v) is 29.8.